The highest BCUT2D eigenvalue weighted by Crippen LogP contribution is 2.24. The molecule has 4 heteroatoms. The van der Waals surface area contributed by atoms with Gasteiger partial charge in [0.05, 0.1) is 12.3 Å². The molecule has 0 spiro atoms. The lowest BCUT2D eigenvalue weighted by molar-refractivity contribution is -0.131. The number of furan rings is 1. The van der Waals surface area contributed by atoms with Crippen LogP contribution in [0.5, 0.6) is 0 Å². The Morgan fingerprint density at radius 2 is 2.32 bits per heavy atom. The normalized spacial score (nSPS) is 25.0. The number of amides is 1. The van der Waals surface area contributed by atoms with Gasteiger partial charge in [0.15, 0.2) is 0 Å². The maximum Gasteiger partial charge on any atom is 0.240 e. The predicted molar refractivity (Wildman–Crippen MR) is 72.8 cm³/mol. The molecule has 2 aliphatic rings. The summed E-state index contributed by atoms with van der Waals surface area (Å²) >= 11 is 0. The van der Waals surface area contributed by atoms with Crippen LogP contribution in [0.2, 0.25) is 0 Å². The number of nitrogens with zero attached hydrogens (tertiary/aromatic N) is 1. The molecule has 1 saturated carbocycles. The first kappa shape index (κ1) is 12.7. The molecule has 2 atom stereocenters. The summed E-state index contributed by atoms with van der Waals surface area (Å²) in [5, 5.41) is 3.45. The number of carbonyl (C=O) groups excluding carboxylic acids is 1. The van der Waals surface area contributed by atoms with Crippen molar-refractivity contribution in [1.82, 2.24) is 10.2 Å². The van der Waals surface area contributed by atoms with Crippen LogP contribution in [0.1, 0.15) is 38.4 Å². The summed E-state index contributed by atoms with van der Waals surface area (Å²) < 4.78 is 5.34. The van der Waals surface area contributed by atoms with E-state index < -0.39 is 0 Å². The van der Waals surface area contributed by atoms with Crippen molar-refractivity contribution in [2.24, 2.45) is 0 Å². The lowest BCUT2D eigenvalue weighted by Gasteiger charge is -2.24. The first-order valence-corrected chi connectivity index (χ1v) is 7.33. The van der Waals surface area contributed by atoms with Gasteiger partial charge in [-0.15, -0.1) is 0 Å². The first-order chi connectivity index (χ1) is 9.24. The molecule has 0 bridgehead atoms. The molecule has 1 aromatic heterocycles. The molecule has 3 rings (SSSR count). The first-order valence-electron chi connectivity index (χ1n) is 7.33. The summed E-state index contributed by atoms with van der Waals surface area (Å²) in [5.41, 5.74) is 0. The van der Waals surface area contributed by atoms with Crippen molar-refractivity contribution < 1.29 is 9.21 Å². The number of nitrogens with one attached hydrogen (secondary N) is 1. The van der Waals surface area contributed by atoms with Crippen molar-refractivity contribution in [1.29, 1.82) is 0 Å². The summed E-state index contributed by atoms with van der Waals surface area (Å²) in [7, 11) is 0. The zero-order valence-electron chi connectivity index (χ0n) is 11.5. The maximum absolute atomic E-state index is 12.3. The standard InChI is InChI=1S/C15H22N2O2/c1-11(4-7-13-3-2-10-19-13)17-9-8-14(15(17)18)16-12-5-6-12/h2-3,10-12,14,16H,4-9H2,1H3. The Morgan fingerprint density at radius 3 is 3.00 bits per heavy atom. The zero-order chi connectivity index (χ0) is 13.2. The average Bonchev–Trinajstić information content (AvgIpc) is 2.93. The number of likely N-dealkylation sites (tertiary alicyclic amines) is 1. The number of hydrogen-bond acceptors (Lipinski definition) is 3. The molecule has 4 nitrogen and oxygen atoms in total. The Hall–Kier alpha value is -1.29. The Balaban J connectivity index is 1.49. The summed E-state index contributed by atoms with van der Waals surface area (Å²) in [5.74, 6) is 1.30. The van der Waals surface area contributed by atoms with E-state index >= 15 is 0 Å². The van der Waals surface area contributed by atoms with E-state index in [1.54, 1.807) is 6.26 Å². The van der Waals surface area contributed by atoms with E-state index in [2.05, 4.69) is 12.2 Å². The molecule has 0 radical (unpaired) electrons. The van der Waals surface area contributed by atoms with E-state index in [0.717, 1.165) is 31.6 Å². The second-order valence-electron chi connectivity index (χ2n) is 5.78. The average molecular weight is 262 g/mol. The molecule has 104 valence electrons. The largest absolute Gasteiger partial charge is 0.469 e. The highest BCUT2D eigenvalue weighted by Gasteiger charge is 2.37. The van der Waals surface area contributed by atoms with Crippen LogP contribution >= 0.6 is 0 Å². The molecule has 2 fully saturated rings. The molecule has 1 amide bonds. The molecule has 1 saturated heterocycles. The van der Waals surface area contributed by atoms with Crippen molar-refractivity contribution in [3.05, 3.63) is 24.2 Å². The number of aryl methyl sites for hydroxylation is 1. The third-order valence-electron chi connectivity index (χ3n) is 4.17. The fraction of sp³-hybridized carbons (Fsp3) is 0.667. The minimum absolute atomic E-state index is 0.0681. The van der Waals surface area contributed by atoms with Crippen molar-refractivity contribution >= 4 is 5.91 Å². The molecule has 1 aliphatic heterocycles. The van der Waals surface area contributed by atoms with Gasteiger partial charge >= 0.3 is 0 Å². The van der Waals surface area contributed by atoms with Gasteiger partial charge in [-0.3, -0.25) is 4.79 Å². The number of rotatable bonds is 6. The molecule has 2 heterocycles. The van der Waals surface area contributed by atoms with Gasteiger partial charge < -0.3 is 14.6 Å². The van der Waals surface area contributed by atoms with Crippen molar-refractivity contribution in [3.8, 4) is 0 Å². The van der Waals surface area contributed by atoms with E-state index in [4.69, 9.17) is 4.42 Å². The van der Waals surface area contributed by atoms with E-state index in [0.29, 0.717) is 18.0 Å². The molecular formula is C15H22N2O2. The van der Waals surface area contributed by atoms with Gasteiger partial charge in [0.25, 0.3) is 0 Å². The molecule has 1 aromatic rings. The molecular weight excluding hydrogens is 240 g/mol. The van der Waals surface area contributed by atoms with E-state index in [1.165, 1.54) is 12.8 Å². The van der Waals surface area contributed by atoms with Crippen LogP contribution in [0, 0.1) is 0 Å². The van der Waals surface area contributed by atoms with Crippen LogP contribution in [-0.2, 0) is 11.2 Å². The van der Waals surface area contributed by atoms with Gasteiger partial charge in [-0.05, 0) is 44.7 Å². The fourth-order valence-corrected chi connectivity index (χ4v) is 2.79. The third-order valence-corrected chi connectivity index (χ3v) is 4.17. The molecule has 19 heavy (non-hydrogen) atoms. The lowest BCUT2D eigenvalue weighted by Crippen LogP contribution is -2.42. The van der Waals surface area contributed by atoms with Crippen LogP contribution in [0.4, 0.5) is 0 Å². The van der Waals surface area contributed by atoms with Crippen molar-refractivity contribution in [2.45, 2.75) is 57.2 Å². The maximum atomic E-state index is 12.3. The highest BCUT2D eigenvalue weighted by atomic mass is 16.3. The topological polar surface area (TPSA) is 45.5 Å². The lowest BCUT2D eigenvalue weighted by atomic mass is 10.1. The molecule has 1 N–H and O–H groups in total. The van der Waals surface area contributed by atoms with E-state index in [-0.39, 0.29) is 6.04 Å². The van der Waals surface area contributed by atoms with Crippen LogP contribution < -0.4 is 5.32 Å². The van der Waals surface area contributed by atoms with Gasteiger partial charge in [0.1, 0.15) is 5.76 Å². The summed E-state index contributed by atoms with van der Waals surface area (Å²) in [6, 6.07) is 4.88. The van der Waals surface area contributed by atoms with Gasteiger partial charge in [-0.2, -0.15) is 0 Å². The minimum atomic E-state index is 0.0681. The smallest absolute Gasteiger partial charge is 0.240 e. The second-order valence-corrected chi connectivity index (χ2v) is 5.78. The van der Waals surface area contributed by atoms with Crippen molar-refractivity contribution in [3.63, 3.8) is 0 Å². The zero-order valence-corrected chi connectivity index (χ0v) is 11.5. The molecule has 1 aliphatic carbocycles. The molecule has 2 unspecified atom stereocenters. The number of carbonyl (C=O) groups is 1. The monoisotopic (exact) mass is 262 g/mol. The van der Waals surface area contributed by atoms with Crippen LogP contribution in [-0.4, -0.2) is 35.5 Å². The second kappa shape index (κ2) is 5.37. The number of hydrogen-bond donors (Lipinski definition) is 1. The summed E-state index contributed by atoms with van der Waals surface area (Å²) in [4.78, 5) is 14.3. The summed E-state index contributed by atoms with van der Waals surface area (Å²) in [6.45, 7) is 3.03. The van der Waals surface area contributed by atoms with Crippen LogP contribution in [0.25, 0.3) is 0 Å². The SMILES string of the molecule is CC(CCc1ccco1)N1CCC(NC2CC2)C1=O. The van der Waals surface area contributed by atoms with Crippen LogP contribution in [0.3, 0.4) is 0 Å². The molecule has 0 aromatic carbocycles. The van der Waals surface area contributed by atoms with Gasteiger partial charge in [-0.1, -0.05) is 0 Å². The Labute approximate surface area is 114 Å². The Kier molecular flexibility index (Phi) is 3.60. The predicted octanol–water partition coefficient (Wildman–Crippen LogP) is 1.95. The van der Waals surface area contributed by atoms with E-state index in [9.17, 15) is 4.79 Å². The van der Waals surface area contributed by atoms with Gasteiger partial charge in [0.2, 0.25) is 5.91 Å². The van der Waals surface area contributed by atoms with Crippen LogP contribution in [0.15, 0.2) is 22.8 Å². The van der Waals surface area contributed by atoms with Gasteiger partial charge in [-0.25, -0.2) is 0 Å². The third kappa shape index (κ3) is 3.00. The Morgan fingerprint density at radius 1 is 1.47 bits per heavy atom. The van der Waals surface area contributed by atoms with E-state index in [1.807, 2.05) is 17.0 Å². The highest BCUT2D eigenvalue weighted by molar-refractivity contribution is 5.84. The summed E-state index contributed by atoms with van der Waals surface area (Å²) in [6.07, 6.45) is 7.00. The Bertz CT molecular complexity index is 425. The van der Waals surface area contributed by atoms with Gasteiger partial charge in [0, 0.05) is 25.0 Å². The fourth-order valence-electron chi connectivity index (χ4n) is 2.79. The quantitative estimate of drug-likeness (QED) is 0.852. The van der Waals surface area contributed by atoms with Crippen molar-refractivity contribution in [2.75, 3.05) is 6.54 Å². The minimum Gasteiger partial charge on any atom is -0.469 e.